The highest BCUT2D eigenvalue weighted by atomic mass is 16.5. The Kier molecular flexibility index (Phi) is 5.61. The van der Waals surface area contributed by atoms with Crippen LogP contribution in [0, 0.1) is 23.2 Å². The first-order valence-electron chi connectivity index (χ1n) is 8.76. The first-order valence-corrected chi connectivity index (χ1v) is 8.76. The van der Waals surface area contributed by atoms with Gasteiger partial charge in [-0.3, -0.25) is 0 Å². The van der Waals surface area contributed by atoms with Gasteiger partial charge in [0.05, 0.1) is 20.3 Å². The van der Waals surface area contributed by atoms with Gasteiger partial charge in [0.2, 0.25) is 0 Å². The number of hydrogen-bond donors (Lipinski definition) is 1. The lowest BCUT2D eigenvalue weighted by Gasteiger charge is -2.51. The molecule has 4 unspecified atom stereocenters. The minimum Gasteiger partial charge on any atom is -0.497 e. The van der Waals surface area contributed by atoms with Crippen LogP contribution in [0.25, 0.3) is 0 Å². The van der Waals surface area contributed by atoms with Crippen molar-refractivity contribution in [3.05, 3.63) is 23.8 Å². The van der Waals surface area contributed by atoms with Gasteiger partial charge in [0, 0.05) is 17.0 Å². The number of benzene rings is 1. The summed E-state index contributed by atoms with van der Waals surface area (Å²) < 4.78 is 10.8. The molecule has 0 saturated heterocycles. The van der Waals surface area contributed by atoms with Gasteiger partial charge in [0.15, 0.2) is 0 Å². The Labute approximate surface area is 141 Å². The highest BCUT2D eigenvalue weighted by molar-refractivity contribution is 5.42. The summed E-state index contributed by atoms with van der Waals surface area (Å²) in [4.78, 5) is 0. The molecule has 4 atom stereocenters. The van der Waals surface area contributed by atoms with Crippen LogP contribution in [-0.4, -0.2) is 19.3 Å². The fraction of sp³-hybridized carbons (Fsp3) is 0.700. The lowest BCUT2D eigenvalue weighted by atomic mass is 9.55. The van der Waals surface area contributed by atoms with Crippen molar-refractivity contribution in [1.82, 2.24) is 0 Å². The third-order valence-corrected chi connectivity index (χ3v) is 6.14. The van der Waals surface area contributed by atoms with Crippen molar-refractivity contribution in [2.45, 2.75) is 53.1 Å². The Morgan fingerprint density at radius 3 is 2.43 bits per heavy atom. The standard InChI is InChI=1S/C20H32O3/c1-13(2)17-9-7-8-14(3)20(17,4)19(21)16-11-10-15(22-5)12-18(16)23-6/h10-14,17,19,21H,7-9H2,1-6H3. The van der Waals surface area contributed by atoms with Crippen molar-refractivity contribution < 1.29 is 14.6 Å². The number of rotatable bonds is 5. The van der Waals surface area contributed by atoms with E-state index in [2.05, 4.69) is 27.7 Å². The number of ether oxygens (including phenoxy) is 2. The monoisotopic (exact) mass is 320 g/mol. The molecule has 1 saturated carbocycles. The van der Waals surface area contributed by atoms with E-state index >= 15 is 0 Å². The molecule has 1 aliphatic carbocycles. The van der Waals surface area contributed by atoms with E-state index in [-0.39, 0.29) is 5.41 Å². The van der Waals surface area contributed by atoms with Crippen molar-refractivity contribution in [1.29, 1.82) is 0 Å². The Bertz CT molecular complexity index is 526. The summed E-state index contributed by atoms with van der Waals surface area (Å²) in [6.07, 6.45) is 3.08. The first kappa shape index (κ1) is 18.1. The van der Waals surface area contributed by atoms with Crippen LogP contribution >= 0.6 is 0 Å². The fourth-order valence-electron chi connectivity index (χ4n) is 4.53. The van der Waals surface area contributed by atoms with Gasteiger partial charge in [-0.15, -0.1) is 0 Å². The summed E-state index contributed by atoms with van der Waals surface area (Å²) in [6.45, 7) is 9.10. The molecule has 1 aromatic rings. The van der Waals surface area contributed by atoms with Crippen LogP contribution in [0.15, 0.2) is 18.2 Å². The third kappa shape index (κ3) is 3.21. The molecular formula is C20H32O3. The van der Waals surface area contributed by atoms with Gasteiger partial charge in [0.25, 0.3) is 0 Å². The van der Waals surface area contributed by atoms with Gasteiger partial charge in [-0.05, 0) is 36.3 Å². The molecule has 0 heterocycles. The molecule has 2 rings (SSSR count). The Hall–Kier alpha value is -1.22. The van der Waals surface area contributed by atoms with E-state index < -0.39 is 6.10 Å². The van der Waals surface area contributed by atoms with E-state index in [9.17, 15) is 5.11 Å². The maximum absolute atomic E-state index is 11.3. The van der Waals surface area contributed by atoms with Gasteiger partial charge in [-0.1, -0.05) is 40.5 Å². The zero-order valence-electron chi connectivity index (χ0n) is 15.4. The average molecular weight is 320 g/mol. The van der Waals surface area contributed by atoms with E-state index in [1.54, 1.807) is 14.2 Å². The second kappa shape index (κ2) is 7.12. The Balaban J connectivity index is 2.45. The van der Waals surface area contributed by atoms with Gasteiger partial charge >= 0.3 is 0 Å². The number of methoxy groups -OCH3 is 2. The molecule has 0 radical (unpaired) electrons. The molecule has 0 bridgehead atoms. The molecule has 3 heteroatoms. The molecule has 1 N–H and O–H groups in total. The molecule has 1 aromatic carbocycles. The summed E-state index contributed by atoms with van der Waals surface area (Å²) in [6, 6.07) is 5.72. The van der Waals surface area contributed by atoms with Crippen LogP contribution in [0.4, 0.5) is 0 Å². The Morgan fingerprint density at radius 1 is 1.17 bits per heavy atom. The summed E-state index contributed by atoms with van der Waals surface area (Å²) in [5.74, 6) is 3.00. The van der Waals surface area contributed by atoms with E-state index in [0.29, 0.717) is 23.5 Å². The zero-order valence-corrected chi connectivity index (χ0v) is 15.4. The molecular weight excluding hydrogens is 288 g/mol. The van der Waals surface area contributed by atoms with Crippen molar-refractivity contribution in [3.8, 4) is 11.5 Å². The van der Waals surface area contributed by atoms with Crippen molar-refractivity contribution >= 4 is 0 Å². The predicted octanol–water partition coefficient (Wildman–Crippen LogP) is 4.84. The van der Waals surface area contributed by atoms with E-state index in [4.69, 9.17) is 9.47 Å². The van der Waals surface area contributed by atoms with Gasteiger partial charge in [-0.25, -0.2) is 0 Å². The first-order chi connectivity index (χ1) is 10.9. The third-order valence-electron chi connectivity index (χ3n) is 6.14. The minimum atomic E-state index is -0.536. The lowest BCUT2D eigenvalue weighted by molar-refractivity contribution is -0.0884. The highest BCUT2D eigenvalue weighted by Gasteiger charge is 2.48. The van der Waals surface area contributed by atoms with Gasteiger partial charge < -0.3 is 14.6 Å². The van der Waals surface area contributed by atoms with Crippen molar-refractivity contribution in [2.24, 2.45) is 23.2 Å². The largest absolute Gasteiger partial charge is 0.497 e. The van der Waals surface area contributed by atoms with Crippen molar-refractivity contribution in [3.63, 3.8) is 0 Å². The molecule has 1 fully saturated rings. The molecule has 23 heavy (non-hydrogen) atoms. The molecule has 3 nitrogen and oxygen atoms in total. The van der Waals surface area contributed by atoms with E-state index in [1.165, 1.54) is 19.3 Å². The SMILES string of the molecule is COc1ccc(C(O)C2(C)C(C)CCCC2C(C)C)c(OC)c1. The van der Waals surface area contributed by atoms with Crippen molar-refractivity contribution in [2.75, 3.05) is 14.2 Å². The van der Waals surface area contributed by atoms with E-state index in [0.717, 1.165) is 11.3 Å². The summed E-state index contributed by atoms with van der Waals surface area (Å²) >= 11 is 0. The quantitative estimate of drug-likeness (QED) is 0.844. The smallest absolute Gasteiger partial charge is 0.128 e. The van der Waals surface area contributed by atoms with E-state index in [1.807, 2.05) is 18.2 Å². The number of aliphatic hydroxyl groups is 1. The number of hydrogen-bond acceptors (Lipinski definition) is 3. The molecule has 0 aliphatic heterocycles. The topological polar surface area (TPSA) is 38.7 Å². The van der Waals surface area contributed by atoms with Gasteiger partial charge in [-0.2, -0.15) is 0 Å². The normalized spacial score (nSPS) is 29.4. The summed E-state index contributed by atoms with van der Waals surface area (Å²) in [5, 5.41) is 11.3. The molecule has 0 spiro atoms. The maximum Gasteiger partial charge on any atom is 0.128 e. The summed E-state index contributed by atoms with van der Waals surface area (Å²) in [5.41, 5.74) is 0.726. The van der Waals surface area contributed by atoms with Gasteiger partial charge in [0.1, 0.15) is 11.5 Å². The van der Waals surface area contributed by atoms with Crippen LogP contribution in [0.2, 0.25) is 0 Å². The molecule has 0 aromatic heterocycles. The van der Waals surface area contributed by atoms with Crippen LogP contribution in [0.1, 0.15) is 58.6 Å². The van der Waals surface area contributed by atoms with Crippen LogP contribution in [-0.2, 0) is 0 Å². The van der Waals surface area contributed by atoms with Crippen LogP contribution in [0.5, 0.6) is 11.5 Å². The second-order valence-corrected chi connectivity index (χ2v) is 7.56. The fourth-order valence-corrected chi connectivity index (χ4v) is 4.53. The lowest BCUT2D eigenvalue weighted by Crippen LogP contribution is -2.44. The predicted molar refractivity (Wildman–Crippen MR) is 94.0 cm³/mol. The second-order valence-electron chi connectivity index (χ2n) is 7.56. The zero-order chi connectivity index (χ0) is 17.2. The van der Waals surface area contributed by atoms with Crippen LogP contribution < -0.4 is 9.47 Å². The number of aliphatic hydroxyl groups excluding tert-OH is 1. The maximum atomic E-state index is 11.3. The Morgan fingerprint density at radius 2 is 1.87 bits per heavy atom. The minimum absolute atomic E-state index is 0.145. The molecule has 130 valence electrons. The molecule has 1 aliphatic rings. The average Bonchev–Trinajstić information content (AvgIpc) is 2.55. The highest BCUT2D eigenvalue weighted by Crippen LogP contribution is 2.56. The molecule has 0 amide bonds. The summed E-state index contributed by atoms with van der Waals surface area (Å²) in [7, 11) is 3.29. The van der Waals surface area contributed by atoms with Crippen LogP contribution in [0.3, 0.4) is 0 Å².